The Morgan fingerprint density at radius 3 is 2.45 bits per heavy atom. The molecule has 0 aliphatic heterocycles. The number of esters is 2. The van der Waals surface area contributed by atoms with Gasteiger partial charge in [-0.15, -0.1) is 11.8 Å². The maximum Gasteiger partial charge on any atom is 0.340 e. The third-order valence-electron chi connectivity index (χ3n) is 3.21. The number of carbonyl (C=O) groups excluding carboxylic acids is 3. The average molecular weight is 327 g/mol. The minimum atomic E-state index is -0.442. The molecular weight excluding hydrogens is 306 g/mol. The van der Waals surface area contributed by atoms with E-state index in [0.29, 0.717) is 22.5 Å². The summed E-state index contributed by atoms with van der Waals surface area (Å²) in [5, 5.41) is -0.425. The van der Waals surface area contributed by atoms with E-state index in [2.05, 4.69) is 9.72 Å². The second-order valence-electron chi connectivity index (χ2n) is 4.74. The molecule has 0 aliphatic rings. The van der Waals surface area contributed by atoms with Crippen LogP contribution in [0.15, 0.2) is 0 Å². The van der Waals surface area contributed by atoms with Crippen LogP contribution in [0.25, 0.3) is 0 Å². The van der Waals surface area contributed by atoms with E-state index < -0.39 is 11.2 Å². The topological polar surface area (TPSA) is 85.5 Å². The van der Waals surface area contributed by atoms with Crippen LogP contribution in [0.1, 0.15) is 46.0 Å². The van der Waals surface area contributed by atoms with Crippen molar-refractivity contribution in [3.05, 3.63) is 22.5 Å². The molecule has 0 spiro atoms. The van der Waals surface area contributed by atoms with Crippen molar-refractivity contribution in [1.29, 1.82) is 0 Å². The van der Waals surface area contributed by atoms with Crippen molar-refractivity contribution in [3.8, 4) is 0 Å². The van der Waals surface area contributed by atoms with Crippen LogP contribution in [0.2, 0.25) is 0 Å². The number of thioether (sulfide) groups is 1. The normalized spacial score (nSPS) is 11.9. The van der Waals surface area contributed by atoms with Gasteiger partial charge in [-0.1, -0.05) is 0 Å². The quantitative estimate of drug-likeness (QED) is 0.611. The predicted molar refractivity (Wildman–Crippen MR) is 84.5 cm³/mol. The molecule has 1 heterocycles. The van der Waals surface area contributed by atoms with Crippen molar-refractivity contribution >= 4 is 29.5 Å². The molecule has 6 nitrogen and oxygen atoms in total. The molecule has 1 aromatic heterocycles. The van der Waals surface area contributed by atoms with Crippen LogP contribution in [0.4, 0.5) is 0 Å². The Hall–Kier alpha value is -1.76. The number of aryl methyl sites for hydroxylation is 1. The third kappa shape index (κ3) is 4.13. The number of nitrogens with one attached hydrogen (secondary N) is 1. The SMILES string of the molecule is CCOC(=O)c1c(C)[nH]c(C(=O)[C@@H](C)SCC(=O)OC)c1C. The van der Waals surface area contributed by atoms with Crippen molar-refractivity contribution in [2.24, 2.45) is 0 Å². The second-order valence-corrected chi connectivity index (χ2v) is 6.07. The van der Waals surface area contributed by atoms with Crippen LogP contribution in [0.3, 0.4) is 0 Å². The standard InChI is InChI=1S/C15H21NO5S/c1-6-21-15(19)12-8(2)13(16-9(12)3)14(18)10(4)22-7-11(17)20-5/h10,16H,6-7H2,1-5H3/t10-/m1/s1. The largest absolute Gasteiger partial charge is 0.468 e. The minimum absolute atomic E-state index is 0.104. The molecule has 0 amide bonds. The van der Waals surface area contributed by atoms with Crippen LogP contribution in [-0.4, -0.2) is 47.4 Å². The molecule has 0 fully saturated rings. The minimum Gasteiger partial charge on any atom is -0.468 e. The van der Waals surface area contributed by atoms with Gasteiger partial charge >= 0.3 is 11.9 Å². The van der Waals surface area contributed by atoms with E-state index in [1.807, 2.05) is 0 Å². The maximum atomic E-state index is 12.5. The van der Waals surface area contributed by atoms with Gasteiger partial charge in [-0.25, -0.2) is 4.79 Å². The number of rotatable bonds is 7. The second kappa shape index (κ2) is 8.03. The number of aromatic nitrogens is 1. The van der Waals surface area contributed by atoms with Gasteiger partial charge in [0.2, 0.25) is 0 Å². The van der Waals surface area contributed by atoms with E-state index >= 15 is 0 Å². The van der Waals surface area contributed by atoms with Crippen LogP contribution in [-0.2, 0) is 14.3 Å². The molecule has 1 N–H and O–H groups in total. The van der Waals surface area contributed by atoms with E-state index in [4.69, 9.17) is 4.74 Å². The molecule has 7 heteroatoms. The number of hydrogen-bond acceptors (Lipinski definition) is 6. The van der Waals surface area contributed by atoms with Crippen molar-refractivity contribution in [2.45, 2.75) is 32.9 Å². The molecule has 22 heavy (non-hydrogen) atoms. The maximum absolute atomic E-state index is 12.5. The molecule has 1 atom stereocenters. The first kappa shape index (κ1) is 18.3. The summed E-state index contributed by atoms with van der Waals surface area (Å²) in [7, 11) is 1.31. The zero-order chi connectivity index (χ0) is 16.9. The van der Waals surface area contributed by atoms with Crippen LogP contribution in [0, 0.1) is 13.8 Å². The molecule has 1 rings (SSSR count). The predicted octanol–water partition coefficient (Wildman–Crippen LogP) is 2.29. The van der Waals surface area contributed by atoms with E-state index in [0.717, 1.165) is 0 Å². The van der Waals surface area contributed by atoms with Crippen LogP contribution >= 0.6 is 11.8 Å². The average Bonchev–Trinajstić information content (AvgIpc) is 2.78. The van der Waals surface area contributed by atoms with Crippen LogP contribution in [0.5, 0.6) is 0 Å². The van der Waals surface area contributed by atoms with E-state index in [1.165, 1.54) is 18.9 Å². The highest BCUT2D eigenvalue weighted by atomic mass is 32.2. The zero-order valence-corrected chi connectivity index (χ0v) is 14.3. The van der Waals surface area contributed by atoms with Gasteiger partial charge in [-0.05, 0) is 33.3 Å². The number of carbonyl (C=O) groups is 3. The smallest absolute Gasteiger partial charge is 0.340 e. The molecular formula is C15H21NO5S. The Bertz CT molecular complexity index is 579. The highest BCUT2D eigenvalue weighted by molar-refractivity contribution is 8.01. The lowest BCUT2D eigenvalue weighted by molar-refractivity contribution is -0.137. The lowest BCUT2D eigenvalue weighted by atomic mass is 10.1. The summed E-state index contributed by atoms with van der Waals surface area (Å²) in [6.45, 7) is 7.16. The monoisotopic (exact) mass is 327 g/mol. The molecule has 0 unspecified atom stereocenters. The van der Waals surface area contributed by atoms with Gasteiger partial charge in [0, 0.05) is 5.69 Å². The number of methoxy groups -OCH3 is 1. The van der Waals surface area contributed by atoms with Crippen LogP contribution < -0.4 is 0 Å². The van der Waals surface area contributed by atoms with Crippen molar-refractivity contribution in [1.82, 2.24) is 4.98 Å². The summed E-state index contributed by atoms with van der Waals surface area (Å²) in [6, 6.07) is 0. The van der Waals surface area contributed by atoms with Gasteiger partial charge in [0.05, 0.1) is 36.0 Å². The summed E-state index contributed by atoms with van der Waals surface area (Å²) in [6.07, 6.45) is 0. The number of Topliss-reactive ketones (excluding diaryl/α,β-unsaturated/α-hetero) is 1. The molecule has 0 aromatic carbocycles. The number of H-pyrrole nitrogens is 1. The summed E-state index contributed by atoms with van der Waals surface area (Å²) >= 11 is 1.19. The molecule has 0 saturated carbocycles. The lowest BCUT2D eigenvalue weighted by Gasteiger charge is -2.09. The number of hydrogen-bond donors (Lipinski definition) is 1. The Labute approximate surface area is 133 Å². The summed E-state index contributed by atoms with van der Waals surface area (Å²) < 4.78 is 9.55. The number of ether oxygens (including phenoxy) is 2. The van der Waals surface area contributed by atoms with Gasteiger partial charge in [-0.3, -0.25) is 9.59 Å². The molecule has 0 aliphatic carbocycles. The summed E-state index contributed by atoms with van der Waals surface area (Å²) in [5.74, 6) is -0.878. The van der Waals surface area contributed by atoms with E-state index in [1.54, 1.807) is 27.7 Å². The Morgan fingerprint density at radius 1 is 1.27 bits per heavy atom. The number of ketones is 1. The molecule has 0 bridgehead atoms. The molecule has 122 valence electrons. The Balaban J connectivity index is 2.93. The van der Waals surface area contributed by atoms with E-state index in [-0.39, 0.29) is 24.1 Å². The van der Waals surface area contributed by atoms with Crippen molar-refractivity contribution in [2.75, 3.05) is 19.5 Å². The van der Waals surface area contributed by atoms with Gasteiger partial charge in [0.1, 0.15) is 0 Å². The summed E-state index contributed by atoms with van der Waals surface area (Å²) in [5.41, 5.74) is 1.96. The van der Waals surface area contributed by atoms with E-state index in [9.17, 15) is 14.4 Å². The molecule has 0 saturated heterocycles. The fraction of sp³-hybridized carbons (Fsp3) is 0.533. The van der Waals surface area contributed by atoms with Gasteiger partial charge in [-0.2, -0.15) is 0 Å². The Kier molecular flexibility index (Phi) is 6.67. The molecule has 1 aromatic rings. The lowest BCUT2D eigenvalue weighted by Crippen LogP contribution is -2.18. The first-order chi connectivity index (χ1) is 10.3. The summed E-state index contributed by atoms with van der Waals surface area (Å²) in [4.78, 5) is 38.5. The van der Waals surface area contributed by atoms with Gasteiger partial charge in [0.25, 0.3) is 0 Å². The third-order valence-corrected chi connectivity index (χ3v) is 4.33. The zero-order valence-electron chi connectivity index (χ0n) is 13.4. The highest BCUT2D eigenvalue weighted by Gasteiger charge is 2.26. The first-order valence-electron chi connectivity index (χ1n) is 6.92. The Morgan fingerprint density at radius 2 is 1.91 bits per heavy atom. The fourth-order valence-corrected chi connectivity index (χ4v) is 2.81. The fourth-order valence-electron chi connectivity index (χ4n) is 2.04. The van der Waals surface area contributed by atoms with Crippen molar-refractivity contribution < 1.29 is 23.9 Å². The molecule has 0 radical (unpaired) electrons. The van der Waals surface area contributed by atoms with Gasteiger partial charge < -0.3 is 14.5 Å². The number of aromatic amines is 1. The first-order valence-corrected chi connectivity index (χ1v) is 7.97. The van der Waals surface area contributed by atoms with Crippen molar-refractivity contribution in [3.63, 3.8) is 0 Å². The van der Waals surface area contributed by atoms with Gasteiger partial charge in [0.15, 0.2) is 5.78 Å². The highest BCUT2D eigenvalue weighted by Crippen LogP contribution is 2.23.